The summed E-state index contributed by atoms with van der Waals surface area (Å²) in [6.45, 7) is 7.84. The van der Waals surface area contributed by atoms with E-state index < -0.39 is 0 Å². The molecule has 0 unspecified atom stereocenters. The first-order chi connectivity index (χ1) is 12.0. The van der Waals surface area contributed by atoms with E-state index in [1.807, 2.05) is 49.5 Å². The van der Waals surface area contributed by atoms with Crippen LogP contribution in [0.2, 0.25) is 0 Å². The number of benzene rings is 1. The third-order valence-corrected chi connectivity index (χ3v) is 4.46. The molecule has 1 saturated heterocycles. The average molecular weight is 338 g/mol. The first-order valence-corrected chi connectivity index (χ1v) is 8.99. The van der Waals surface area contributed by atoms with Gasteiger partial charge in [0.05, 0.1) is 6.54 Å². The molecule has 25 heavy (non-hydrogen) atoms. The van der Waals surface area contributed by atoms with Crippen LogP contribution in [-0.4, -0.2) is 30.0 Å². The lowest BCUT2D eigenvalue weighted by atomic mass is 9.99. The monoisotopic (exact) mass is 338 g/mol. The molecule has 1 aliphatic heterocycles. The normalized spacial score (nSPS) is 17.1. The average Bonchev–Trinajstić information content (AvgIpc) is 3.05. The Hall–Kier alpha value is -2.36. The number of hydrogen-bond donors (Lipinski definition) is 0. The highest BCUT2D eigenvalue weighted by Crippen LogP contribution is 2.28. The van der Waals surface area contributed by atoms with Gasteiger partial charge in [-0.3, -0.25) is 4.79 Å². The molecule has 1 aromatic carbocycles. The van der Waals surface area contributed by atoms with E-state index in [2.05, 4.69) is 23.7 Å². The molecule has 0 radical (unpaired) electrons. The molecule has 4 heteroatoms. The van der Waals surface area contributed by atoms with E-state index in [4.69, 9.17) is 4.74 Å². The molecule has 0 aliphatic carbocycles. The lowest BCUT2D eigenvalue weighted by Crippen LogP contribution is -2.26. The van der Waals surface area contributed by atoms with Crippen molar-refractivity contribution in [1.82, 2.24) is 4.98 Å². The number of nitrogens with zero attached hydrogens (tertiary/aromatic N) is 2. The van der Waals surface area contributed by atoms with Crippen molar-refractivity contribution in [1.29, 1.82) is 0 Å². The number of carbonyl (C=O) groups excluding carboxylic acids is 1. The zero-order chi connectivity index (χ0) is 17.8. The molecule has 0 N–H and O–H groups in total. The number of ether oxygens (including phenoxy) is 1. The fraction of sp³-hybridized carbons (Fsp3) is 0.429. The number of rotatable bonds is 6. The number of hydrogen-bond acceptors (Lipinski definition) is 4. The van der Waals surface area contributed by atoms with Gasteiger partial charge in [-0.05, 0) is 30.5 Å². The number of aryl methyl sites for hydroxylation is 1. The Bertz CT molecular complexity index is 725. The standard InChI is InChI=1S/C21H26N2O2/c1-15(2)12-20(24)18-6-4-5-7-19(18)23-11-10-17(14-23)25-21-9-8-16(3)13-22-21/h4-9,13,15,17H,10-12,14H2,1-3H3/t17-/m1/s1. The van der Waals surface area contributed by atoms with Crippen molar-refractivity contribution < 1.29 is 9.53 Å². The molecule has 2 aromatic rings. The van der Waals surface area contributed by atoms with Crippen molar-refractivity contribution in [3.05, 3.63) is 53.7 Å². The number of para-hydroxylation sites is 1. The predicted octanol–water partition coefficient (Wildman–Crippen LogP) is 4.28. The maximum absolute atomic E-state index is 12.6. The summed E-state index contributed by atoms with van der Waals surface area (Å²) < 4.78 is 6.01. The molecular formula is C21H26N2O2. The summed E-state index contributed by atoms with van der Waals surface area (Å²) >= 11 is 0. The quantitative estimate of drug-likeness (QED) is 0.738. The van der Waals surface area contributed by atoms with Crippen LogP contribution in [0.3, 0.4) is 0 Å². The summed E-state index contributed by atoms with van der Waals surface area (Å²) in [5.74, 6) is 1.25. The predicted molar refractivity (Wildman–Crippen MR) is 100 cm³/mol. The second-order valence-electron chi connectivity index (χ2n) is 7.19. The molecule has 0 spiro atoms. The van der Waals surface area contributed by atoms with Crippen LogP contribution in [0.25, 0.3) is 0 Å². The molecule has 1 aliphatic rings. The Labute approximate surface area is 149 Å². The highest BCUT2D eigenvalue weighted by molar-refractivity contribution is 6.01. The molecular weight excluding hydrogens is 312 g/mol. The van der Waals surface area contributed by atoms with E-state index in [9.17, 15) is 4.79 Å². The summed E-state index contributed by atoms with van der Waals surface area (Å²) in [4.78, 5) is 19.1. The van der Waals surface area contributed by atoms with Gasteiger partial charge in [-0.15, -0.1) is 0 Å². The van der Waals surface area contributed by atoms with E-state index in [1.54, 1.807) is 0 Å². The van der Waals surface area contributed by atoms with Crippen molar-refractivity contribution in [2.75, 3.05) is 18.0 Å². The van der Waals surface area contributed by atoms with Gasteiger partial charge in [-0.25, -0.2) is 4.98 Å². The summed E-state index contributed by atoms with van der Waals surface area (Å²) in [6, 6.07) is 11.8. The zero-order valence-electron chi connectivity index (χ0n) is 15.2. The number of ketones is 1. The number of aromatic nitrogens is 1. The van der Waals surface area contributed by atoms with E-state index >= 15 is 0 Å². The second kappa shape index (κ2) is 7.68. The first-order valence-electron chi connectivity index (χ1n) is 8.99. The smallest absolute Gasteiger partial charge is 0.213 e. The molecule has 0 saturated carbocycles. The third kappa shape index (κ3) is 4.38. The van der Waals surface area contributed by atoms with Gasteiger partial charge in [0.15, 0.2) is 5.78 Å². The van der Waals surface area contributed by atoms with Crippen molar-refractivity contribution in [2.24, 2.45) is 5.92 Å². The van der Waals surface area contributed by atoms with Crippen LogP contribution in [0.4, 0.5) is 5.69 Å². The maximum atomic E-state index is 12.6. The van der Waals surface area contributed by atoms with Crippen LogP contribution in [0.15, 0.2) is 42.6 Å². The van der Waals surface area contributed by atoms with Gasteiger partial charge in [-0.1, -0.05) is 32.0 Å². The molecule has 0 amide bonds. The zero-order valence-corrected chi connectivity index (χ0v) is 15.2. The lowest BCUT2D eigenvalue weighted by Gasteiger charge is -2.22. The highest BCUT2D eigenvalue weighted by atomic mass is 16.5. The fourth-order valence-corrected chi connectivity index (χ4v) is 3.20. The van der Waals surface area contributed by atoms with Crippen LogP contribution >= 0.6 is 0 Å². The van der Waals surface area contributed by atoms with Gasteiger partial charge >= 0.3 is 0 Å². The SMILES string of the molecule is Cc1ccc(O[C@@H]2CCN(c3ccccc3C(=O)CC(C)C)C2)nc1. The van der Waals surface area contributed by atoms with Gasteiger partial charge in [0, 0.05) is 42.9 Å². The first kappa shape index (κ1) is 17.5. The Morgan fingerprint density at radius 2 is 2.08 bits per heavy atom. The van der Waals surface area contributed by atoms with Gasteiger partial charge in [-0.2, -0.15) is 0 Å². The van der Waals surface area contributed by atoms with E-state index in [0.717, 1.165) is 36.3 Å². The Morgan fingerprint density at radius 1 is 1.28 bits per heavy atom. The van der Waals surface area contributed by atoms with E-state index in [0.29, 0.717) is 18.2 Å². The van der Waals surface area contributed by atoms with Crippen molar-refractivity contribution >= 4 is 11.5 Å². The molecule has 1 atom stereocenters. The van der Waals surface area contributed by atoms with Crippen LogP contribution in [0.1, 0.15) is 42.6 Å². The highest BCUT2D eigenvalue weighted by Gasteiger charge is 2.27. The second-order valence-corrected chi connectivity index (χ2v) is 7.19. The number of anilines is 1. The summed E-state index contributed by atoms with van der Waals surface area (Å²) in [7, 11) is 0. The Morgan fingerprint density at radius 3 is 2.80 bits per heavy atom. The molecule has 1 aromatic heterocycles. The fourth-order valence-electron chi connectivity index (χ4n) is 3.20. The minimum Gasteiger partial charge on any atom is -0.472 e. The number of Topliss-reactive ketones (excluding diaryl/α,β-unsaturated/α-hetero) is 1. The third-order valence-electron chi connectivity index (χ3n) is 4.46. The lowest BCUT2D eigenvalue weighted by molar-refractivity contribution is 0.0968. The van der Waals surface area contributed by atoms with Crippen molar-refractivity contribution in [2.45, 2.75) is 39.7 Å². The molecule has 4 nitrogen and oxygen atoms in total. The van der Waals surface area contributed by atoms with Gasteiger partial charge in [0.2, 0.25) is 5.88 Å². The molecule has 1 fully saturated rings. The van der Waals surface area contributed by atoms with Crippen LogP contribution in [0.5, 0.6) is 5.88 Å². The number of carbonyl (C=O) groups is 1. The van der Waals surface area contributed by atoms with Gasteiger partial charge < -0.3 is 9.64 Å². The van der Waals surface area contributed by atoms with E-state index in [-0.39, 0.29) is 11.9 Å². The van der Waals surface area contributed by atoms with Crippen LogP contribution in [0, 0.1) is 12.8 Å². The topological polar surface area (TPSA) is 42.4 Å². The summed E-state index contributed by atoms with van der Waals surface area (Å²) in [5, 5.41) is 0. The molecule has 3 rings (SSSR count). The molecule has 132 valence electrons. The van der Waals surface area contributed by atoms with Crippen LogP contribution < -0.4 is 9.64 Å². The van der Waals surface area contributed by atoms with Gasteiger partial charge in [0.1, 0.15) is 6.10 Å². The molecule has 0 bridgehead atoms. The largest absolute Gasteiger partial charge is 0.472 e. The van der Waals surface area contributed by atoms with E-state index in [1.165, 1.54) is 0 Å². The van der Waals surface area contributed by atoms with Crippen molar-refractivity contribution in [3.63, 3.8) is 0 Å². The Kier molecular flexibility index (Phi) is 5.37. The van der Waals surface area contributed by atoms with Crippen LogP contribution in [-0.2, 0) is 0 Å². The maximum Gasteiger partial charge on any atom is 0.213 e. The number of pyridine rings is 1. The minimum absolute atomic E-state index is 0.100. The minimum atomic E-state index is 0.100. The Balaban J connectivity index is 1.69. The summed E-state index contributed by atoms with van der Waals surface area (Å²) in [5.41, 5.74) is 2.97. The van der Waals surface area contributed by atoms with Gasteiger partial charge in [0.25, 0.3) is 0 Å². The molecule has 2 heterocycles. The summed E-state index contributed by atoms with van der Waals surface area (Å²) in [6.07, 6.45) is 3.44. The van der Waals surface area contributed by atoms with Crippen molar-refractivity contribution in [3.8, 4) is 5.88 Å².